The summed E-state index contributed by atoms with van der Waals surface area (Å²) >= 11 is 5.55. The van der Waals surface area contributed by atoms with Crippen LogP contribution in [0.15, 0.2) is 10.8 Å². The molecule has 0 saturated carbocycles. The van der Waals surface area contributed by atoms with Gasteiger partial charge in [0.05, 0.1) is 0 Å². The van der Waals surface area contributed by atoms with Crippen LogP contribution in [-0.4, -0.2) is 10.2 Å². The van der Waals surface area contributed by atoms with Gasteiger partial charge in [-0.3, -0.25) is 0 Å². The highest BCUT2D eigenvalue weighted by Gasteiger charge is 2.04. The second-order valence-electron chi connectivity index (χ2n) is 1.39. The highest BCUT2D eigenvalue weighted by atomic mass is 35.5. The first kappa shape index (κ1) is 5.56. The van der Waals surface area contributed by atoms with E-state index in [2.05, 4.69) is 10.2 Å². The van der Waals surface area contributed by atoms with Crippen molar-refractivity contribution in [1.82, 2.24) is 10.2 Å². The van der Waals surface area contributed by atoms with Crippen LogP contribution >= 0.6 is 11.6 Å². The maximum Gasteiger partial charge on any atom is 0.233 e. The molecular weight excluding hydrogens is 128 g/mol. The van der Waals surface area contributed by atoms with E-state index in [1.165, 1.54) is 6.39 Å². The Morgan fingerprint density at radius 3 is 2.88 bits per heavy atom. The van der Waals surface area contributed by atoms with Gasteiger partial charge in [0, 0.05) is 0 Å². The number of rotatable bonds is 1. The quantitative estimate of drug-likeness (QED) is 0.542. The molecule has 0 aliphatic carbocycles. The van der Waals surface area contributed by atoms with E-state index in [0.29, 0.717) is 5.89 Å². The zero-order chi connectivity index (χ0) is 5.98. The molecule has 3 nitrogen and oxygen atoms in total. The lowest BCUT2D eigenvalue weighted by atomic mass is 10.5. The highest BCUT2D eigenvalue weighted by Crippen LogP contribution is 2.14. The number of hydrogen-bond donors (Lipinski definition) is 0. The monoisotopic (exact) mass is 132 g/mol. The standard InChI is InChI=1S/C4H5ClN2O/c1-3(5)4-7-6-2-8-4/h2-3H,1H3. The van der Waals surface area contributed by atoms with Gasteiger partial charge < -0.3 is 4.42 Å². The molecule has 0 amide bonds. The largest absolute Gasteiger partial charge is 0.426 e. The Bertz CT molecular complexity index is 149. The second-order valence-corrected chi connectivity index (χ2v) is 2.05. The van der Waals surface area contributed by atoms with E-state index >= 15 is 0 Å². The topological polar surface area (TPSA) is 38.9 Å². The number of aromatic nitrogens is 2. The molecule has 44 valence electrons. The SMILES string of the molecule is CC(Cl)c1nnco1. The van der Waals surface area contributed by atoms with Crippen molar-refractivity contribution in [3.05, 3.63) is 12.3 Å². The Morgan fingerprint density at radius 2 is 2.62 bits per heavy atom. The van der Waals surface area contributed by atoms with Crippen molar-refractivity contribution in [1.29, 1.82) is 0 Å². The van der Waals surface area contributed by atoms with Crippen LogP contribution in [0.1, 0.15) is 18.2 Å². The van der Waals surface area contributed by atoms with Crippen molar-refractivity contribution in [2.75, 3.05) is 0 Å². The van der Waals surface area contributed by atoms with Crippen LogP contribution in [0.2, 0.25) is 0 Å². The lowest BCUT2D eigenvalue weighted by Gasteiger charge is -1.88. The predicted molar refractivity (Wildman–Crippen MR) is 28.6 cm³/mol. The van der Waals surface area contributed by atoms with Crippen molar-refractivity contribution in [2.45, 2.75) is 12.3 Å². The lowest BCUT2D eigenvalue weighted by molar-refractivity contribution is 0.494. The Balaban J connectivity index is 2.77. The van der Waals surface area contributed by atoms with Gasteiger partial charge in [-0.25, -0.2) is 0 Å². The average molecular weight is 133 g/mol. The highest BCUT2D eigenvalue weighted by molar-refractivity contribution is 6.20. The summed E-state index contributed by atoms with van der Waals surface area (Å²) in [5, 5.41) is 6.83. The third-order valence-electron chi connectivity index (χ3n) is 0.717. The molecule has 1 atom stereocenters. The van der Waals surface area contributed by atoms with Gasteiger partial charge in [-0.1, -0.05) is 0 Å². The summed E-state index contributed by atoms with van der Waals surface area (Å²) in [6, 6.07) is 0. The van der Waals surface area contributed by atoms with Gasteiger partial charge in [-0.05, 0) is 6.92 Å². The molecule has 1 aromatic heterocycles. The van der Waals surface area contributed by atoms with E-state index in [4.69, 9.17) is 16.0 Å². The van der Waals surface area contributed by atoms with Crippen molar-refractivity contribution in [3.63, 3.8) is 0 Å². The molecule has 0 fully saturated rings. The van der Waals surface area contributed by atoms with Gasteiger partial charge in [-0.2, -0.15) is 0 Å². The molecule has 1 heterocycles. The molecule has 1 rings (SSSR count). The summed E-state index contributed by atoms with van der Waals surface area (Å²) in [7, 11) is 0. The summed E-state index contributed by atoms with van der Waals surface area (Å²) in [6.45, 7) is 1.77. The van der Waals surface area contributed by atoms with E-state index in [-0.39, 0.29) is 5.38 Å². The molecule has 0 spiro atoms. The van der Waals surface area contributed by atoms with Gasteiger partial charge in [0.2, 0.25) is 12.3 Å². The zero-order valence-corrected chi connectivity index (χ0v) is 5.09. The Hall–Kier alpha value is -0.570. The number of hydrogen-bond acceptors (Lipinski definition) is 3. The molecule has 0 N–H and O–H groups in total. The maximum absolute atomic E-state index is 5.55. The Kier molecular flexibility index (Phi) is 1.48. The molecule has 0 aromatic carbocycles. The first-order valence-electron chi connectivity index (χ1n) is 2.21. The van der Waals surface area contributed by atoms with Crippen LogP contribution in [-0.2, 0) is 0 Å². The minimum atomic E-state index is -0.183. The van der Waals surface area contributed by atoms with Gasteiger partial charge in [0.25, 0.3) is 0 Å². The summed E-state index contributed by atoms with van der Waals surface area (Å²) in [6.07, 6.45) is 1.26. The van der Waals surface area contributed by atoms with Crippen LogP contribution in [0.3, 0.4) is 0 Å². The lowest BCUT2D eigenvalue weighted by Crippen LogP contribution is -1.81. The molecule has 0 bridgehead atoms. The van der Waals surface area contributed by atoms with Crippen LogP contribution in [0.4, 0.5) is 0 Å². The van der Waals surface area contributed by atoms with Crippen LogP contribution in [0, 0.1) is 0 Å². The molecule has 0 saturated heterocycles. The summed E-state index contributed by atoms with van der Waals surface area (Å²) < 4.78 is 4.74. The van der Waals surface area contributed by atoms with Crippen molar-refractivity contribution in [3.8, 4) is 0 Å². The third kappa shape index (κ3) is 0.980. The minimum Gasteiger partial charge on any atom is -0.426 e. The van der Waals surface area contributed by atoms with Gasteiger partial charge >= 0.3 is 0 Å². The van der Waals surface area contributed by atoms with Gasteiger partial charge in [0.15, 0.2) is 0 Å². The third-order valence-corrected chi connectivity index (χ3v) is 0.904. The van der Waals surface area contributed by atoms with Crippen LogP contribution < -0.4 is 0 Å². The molecule has 0 radical (unpaired) electrons. The fraction of sp³-hybridized carbons (Fsp3) is 0.500. The van der Waals surface area contributed by atoms with E-state index in [1.807, 2.05) is 0 Å². The Labute approximate surface area is 51.7 Å². The van der Waals surface area contributed by atoms with Crippen molar-refractivity contribution in [2.24, 2.45) is 0 Å². The second kappa shape index (κ2) is 2.13. The first-order valence-corrected chi connectivity index (χ1v) is 2.64. The molecule has 0 aliphatic heterocycles. The summed E-state index contributed by atoms with van der Waals surface area (Å²) in [5.41, 5.74) is 0. The summed E-state index contributed by atoms with van der Waals surface area (Å²) in [4.78, 5) is 0. The van der Waals surface area contributed by atoms with E-state index in [0.717, 1.165) is 0 Å². The normalized spacial score (nSPS) is 13.8. The fourth-order valence-corrected chi connectivity index (χ4v) is 0.450. The maximum atomic E-state index is 5.55. The minimum absolute atomic E-state index is 0.183. The summed E-state index contributed by atoms with van der Waals surface area (Å²) in [5.74, 6) is 0.465. The van der Waals surface area contributed by atoms with E-state index in [1.54, 1.807) is 6.92 Å². The van der Waals surface area contributed by atoms with Crippen molar-refractivity contribution < 1.29 is 4.42 Å². The van der Waals surface area contributed by atoms with Crippen LogP contribution in [0.25, 0.3) is 0 Å². The average Bonchev–Trinajstić information content (AvgIpc) is 2.12. The molecule has 0 aliphatic rings. The van der Waals surface area contributed by atoms with Gasteiger partial charge in [0.1, 0.15) is 5.38 Å². The number of halogens is 1. The van der Waals surface area contributed by atoms with E-state index in [9.17, 15) is 0 Å². The zero-order valence-electron chi connectivity index (χ0n) is 4.34. The predicted octanol–water partition coefficient (Wildman–Crippen LogP) is 1.37. The van der Waals surface area contributed by atoms with E-state index < -0.39 is 0 Å². The number of alkyl halides is 1. The molecule has 1 unspecified atom stereocenters. The van der Waals surface area contributed by atoms with Crippen molar-refractivity contribution >= 4 is 11.6 Å². The number of nitrogens with zero attached hydrogens (tertiary/aromatic N) is 2. The van der Waals surface area contributed by atoms with Gasteiger partial charge in [-0.15, -0.1) is 21.8 Å². The molecule has 4 heteroatoms. The van der Waals surface area contributed by atoms with Crippen LogP contribution in [0.5, 0.6) is 0 Å². The fourth-order valence-electron chi connectivity index (χ4n) is 0.355. The molecular formula is C4H5ClN2O. The molecule has 1 aromatic rings. The first-order chi connectivity index (χ1) is 3.80. The Morgan fingerprint density at radius 1 is 1.88 bits per heavy atom. The smallest absolute Gasteiger partial charge is 0.233 e. The molecule has 8 heavy (non-hydrogen) atoms.